The molecule has 1 aromatic carbocycles. The number of thioether (sulfide) groups is 1. The van der Waals surface area contributed by atoms with Crippen LogP contribution in [0.5, 0.6) is 0 Å². The third kappa shape index (κ3) is 3.72. The highest BCUT2D eigenvalue weighted by molar-refractivity contribution is 7.99. The second kappa shape index (κ2) is 7.30. The summed E-state index contributed by atoms with van der Waals surface area (Å²) in [4.78, 5) is 0. The maximum absolute atomic E-state index is 9.20. The summed E-state index contributed by atoms with van der Waals surface area (Å²) in [6.45, 7) is 0. The molecule has 5 nitrogen and oxygen atoms in total. The third-order valence-electron chi connectivity index (χ3n) is 3.82. The van der Waals surface area contributed by atoms with Gasteiger partial charge in [-0.3, -0.25) is 4.57 Å². The average molecular weight is 323 g/mol. The molecular formula is C17H17N5S. The van der Waals surface area contributed by atoms with Crippen molar-refractivity contribution in [2.24, 2.45) is 5.92 Å². The van der Waals surface area contributed by atoms with Crippen LogP contribution >= 0.6 is 11.8 Å². The van der Waals surface area contributed by atoms with Crippen molar-refractivity contribution < 1.29 is 0 Å². The van der Waals surface area contributed by atoms with Crippen LogP contribution in [-0.4, -0.2) is 20.5 Å². The highest BCUT2D eigenvalue weighted by atomic mass is 32.2. The lowest BCUT2D eigenvalue weighted by Crippen LogP contribution is -2.04. The van der Waals surface area contributed by atoms with E-state index in [1.165, 1.54) is 12.8 Å². The largest absolute Gasteiger partial charge is 0.274 e. The van der Waals surface area contributed by atoms with E-state index in [2.05, 4.69) is 39.0 Å². The van der Waals surface area contributed by atoms with Crippen molar-refractivity contribution in [2.75, 3.05) is 5.75 Å². The van der Waals surface area contributed by atoms with Crippen molar-refractivity contribution >= 4 is 11.8 Å². The summed E-state index contributed by atoms with van der Waals surface area (Å²) in [5.74, 6) is 2.02. The second-order valence-electron chi connectivity index (χ2n) is 5.62. The standard InChI is InChI=1S/C17H17N5S/c18-10-4-5-13(11-19)12-23-17-21-20-16(14-8-9-14)22(17)15-6-2-1-3-7-15/h1-3,6-7,13-14H,4-5,8-9,12H2/t13-/m1/s1. The molecule has 0 N–H and O–H groups in total. The van der Waals surface area contributed by atoms with Gasteiger partial charge in [-0.1, -0.05) is 30.0 Å². The number of rotatable bonds is 7. The molecule has 1 aliphatic carbocycles. The predicted molar refractivity (Wildman–Crippen MR) is 88.0 cm³/mol. The predicted octanol–water partition coefficient (Wildman–Crippen LogP) is 3.68. The molecule has 2 aromatic rings. The molecule has 1 heterocycles. The Bertz CT molecular complexity index is 737. The van der Waals surface area contributed by atoms with Crippen molar-refractivity contribution in [3.05, 3.63) is 36.2 Å². The smallest absolute Gasteiger partial charge is 0.195 e. The number of nitrogens with zero attached hydrogens (tertiary/aromatic N) is 5. The van der Waals surface area contributed by atoms with Crippen molar-refractivity contribution in [1.82, 2.24) is 14.8 Å². The molecule has 0 radical (unpaired) electrons. The fourth-order valence-electron chi connectivity index (χ4n) is 2.40. The molecule has 1 fully saturated rings. The highest BCUT2D eigenvalue weighted by Crippen LogP contribution is 2.41. The zero-order valence-corrected chi connectivity index (χ0v) is 13.5. The van der Waals surface area contributed by atoms with Crippen LogP contribution in [0.3, 0.4) is 0 Å². The minimum absolute atomic E-state index is 0.134. The fourth-order valence-corrected chi connectivity index (χ4v) is 3.42. The minimum atomic E-state index is -0.134. The summed E-state index contributed by atoms with van der Waals surface area (Å²) in [5, 5.41) is 27.4. The first-order valence-electron chi connectivity index (χ1n) is 7.73. The SMILES string of the molecule is N#CCC[C@H](C#N)CSc1nnc(C2CC2)n1-c1ccccc1. The first-order valence-corrected chi connectivity index (χ1v) is 8.72. The summed E-state index contributed by atoms with van der Waals surface area (Å²) in [6.07, 6.45) is 3.35. The van der Waals surface area contributed by atoms with Gasteiger partial charge in [0.1, 0.15) is 5.82 Å². The number of benzene rings is 1. The van der Waals surface area contributed by atoms with Gasteiger partial charge in [0.2, 0.25) is 0 Å². The molecule has 116 valence electrons. The van der Waals surface area contributed by atoms with Crippen LogP contribution in [0.4, 0.5) is 0 Å². The number of aromatic nitrogens is 3. The summed E-state index contributed by atoms with van der Waals surface area (Å²) in [5.41, 5.74) is 1.06. The summed E-state index contributed by atoms with van der Waals surface area (Å²) in [7, 11) is 0. The van der Waals surface area contributed by atoms with Gasteiger partial charge in [-0.2, -0.15) is 10.5 Å². The fraction of sp³-hybridized carbons (Fsp3) is 0.412. The van der Waals surface area contributed by atoms with Crippen LogP contribution in [0, 0.1) is 28.6 Å². The van der Waals surface area contributed by atoms with E-state index in [-0.39, 0.29) is 5.92 Å². The summed E-state index contributed by atoms with van der Waals surface area (Å²) >= 11 is 1.55. The molecular weight excluding hydrogens is 306 g/mol. The van der Waals surface area contributed by atoms with Gasteiger partial charge in [-0.25, -0.2) is 0 Å². The first kappa shape index (κ1) is 15.6. The Hall–Kier alpha value is -2.31. The Kier molecular flexibility index (Phi) is 4.95. The van der Waals surface area contributed by atoms with Crippen molar-refractivity contribution in [2.45, 2.75) is 36.8 Å². The third-order valence-corrected chi connectivity index (χ3v) is 4.91. The number of para-hydroxylation sites is 1. The lowest BCUT2D eigenvalue weighted by molar-refractivity contribution is 0.683. The lowest BCUT2D eigenvalue weighted by atomic mass is 10.1. The van der Waals surface area contributed by atoms with E-state index in [0.717, 1.165) is 16.7 Å². The van der Waals surface area contributed by atoms with Crippen LogP contribution in [0.1, 0.15) is 37.4 Å². The summed E-state index contributed by atoms with van der Waals surface area (Å²) in [6, 6.07) is 14.5. The quantitative estimate of drug-likeness (QED) is 0.726. The zero-order chi connectivity index (χ0) is 16.1. The van der Waals surface area contributed by atoms with Gasteiger partial charge in [0.05, 0.1) is 18.1 Å². The molecule has 0 bridgehead atoms. The number of nitriles is 2. The molecule has 6 heteroatoms. The van der Waals surface area contributed by atoms with Gasteiger partial charge in [-0.05, 0) is 31.4 Å². The van der Waals surface area contributed by atoms with Crippen LogP contribution in [0.15, 0.2) is 35.5 Å². The topological polar surface area (TPSA) is 78.3 Å². The molecule has 23 heavy (non-hydrogen) atoms. The Morgan fingerprint density at radius 1 is 1.22 bits per heavy atom. The first-order chi connectivity index (χ1) is 11.3. The Morgan fingerprint density at radius 3 is 2.65 bits per heavy atom. The van der Waals surface area contributed by atoms with E-state index in [9.17, 15) is 5.26 Å². The van der Waals surface area contributed by atoms with E-state index in [1.807, 2.05) is 18.2 Å². The van der Waals surface area contributed by atoms with E-state index < -0.39 is 0 Å². The second-order valence-corrected chi connectivity index (χ2v) is 6.61. The van der Waals surface area contributed by atoms with E-state index in [4.69, 9.17) is 5.26 Å². The lowest BCUT2D eigenvalue weighted by Gasteiger charge is -2.10. The average Bonchev–Trinajstić information content (AvgIpc) is 3.36. The normalized spacial score (nSPS) is 14.9. The summed E-state index contributed by atoms with van der Waals surface area (Å²) < 4.78 is 2.11. The molecule has 1 saturated carbocycles. The maximum atomic E-state index is 9.20. The molecule has 0 unspecified atom stereocenters. The van der Waals surface area contributed by atoms with Gasteiger partial charge in [0, 0.05) is 23.8 Å². The van der Waals surface area contributed by atoms with Gasteiger partial charge < -0.3 is 0 Å². The zero-order valence-electron chi connectivity index (χ0n) is 12.7. The number of hydrogen-bond donors (Lipinski definition) is 0. The molecule has 0 spiro atoms. The number of hydrogen-bond acceptors (Lipinski definition) is 5. The van der Waals surface area contributed by atoms with Crippen LogP contribution in [-0.2, 0) is 0 Å². The Labute approximate surface area is 140 Å². The van der Waals surface area contributed by atoms with E-state index >= 15 is 0 Å². The molecule has 1 atom stereocenters. The van der Waals surface area contributed by atoms with Gasteiger partial charge >= 0.3 is 0 Å². The Balaban J connectivity index is 1.80. The Morgan fingerprint density at radius 2 is 2.00 bits per heavy atom. The van der Waals surface area contributed by atoms with Crippen LogP contribution in [0.25, 0.3) is 5.69 Å². The molecule has 1 aliphatic rings. The van der Waals surface area contributed by atoms with E-state index in [1.54, 1.807) is 11.8 Å². The van der Waals surface area contributed by atoms with Crippen LogP contribution < -0.4 is 0 Å². The van der Waals surface area contributed by atoms with E-state index in [0.29, 0.717) is 24.5 Å². The molecule has 0 saturated heterocycles. The molecule has 1 aromatic heterocycles. The minimum Gasteiger partial charge on any atom is -0.274 e. The van der Waals surface area contributed by atoms with Gasteiger partial charge in [0.15, 0.2) is 5.16 Å². The van der Waals surface area contributed by atoms with Gasteiger partial charge in [-0.15, -0.1) is 10.2 Å². The van der Waals surface area contributed by atoms with Crippen molar-refractivity contribution in [3.8, 4) is 17.8 Å². The molecule has 0 amide bonds. The van der Waals surface area contributed by atoms with Gasteiger partial charge in [0.25, 0.3) is 0 Å². The highest BCUT2D eigenvalue weighted by Gasteiger charge is 2.31. The molecule has 0 aliphatic heterocycles. The monoisotopic (exact) mass is 323 g/mol. The van der Waals surface area contributed by atoms with Crippen molar-refractivity contribution in [1.29, 1.82) is 10.5 Å². The van der Waals surface area contributed by atoms with Crippen LogP contribution in [0.2, 0.25) is 0 Å². The van der Waals surface area contributed by atoms with Crippen molar-refractivity contribution in [3.63, 3.8) is 0 Å². The molecule has 3 rings (SSSR count). The maximum Gasteiger partial charge on any atom is 0.195 e.